The standard InChI is InChI=1S/C22H47S/c1-4-7-10-13-15-18-21-23(20-17-12-9-6-3)22-19-16-14-11-8-5-2/h4-22H2,1-3H3/q+1. The van der Waals surface area contributed by atoms with Crippen LogP contribution in [0.25, 0.3) is 0 Å². The molecule has 0 saturated heterocycles. The van der Waals surface area contributed by atoms with E-state index in [-0.39, 0.29) is 0 Å². The van der Waals surface area contributed by atoms with Crippen LogP contribution in [0.2, 0.25) is 0 Å². The van der Waals surface area contributed by atoms with Crippen LogP contribution in [0.15, 0.2) is 0 Å². The van der Waals surface area contributed by atoms with Gasteiger partial charge in [0.05, 0.1) is 0 Å². The molecule has 140 valence electrons. The van der Waals surface area contributed by atoms with E-state index in [2.05, 4.69) is 20.8 Å². The molecule has 0 heterocycles. The molecule has 0 aromatic heterocycles. The van der Waals surface area contributed by atoms with Crippen molar-refractivity contribution < 1.29 is 0 Å². The summed E-state index contributed by atoms with van der Waals surface area (Å²) in [5.74, 6) is 4.64. The van der Waals surface area contributed by atoms with Crippen LogP contribution in [0, 0.1) is 0 Å². The van der Waals surface area contributed by atoms with Gasteiger partial charge in [0.25, 0.3) is 0 Å². The van der Waals surface area contributed by atoms with E-state index in [9.17, 15) is 0 Å². The molecule has 0 unspecified atom stereocenters. The van der Waals surface area contributed by atoms with Crippen LogP contribution in [0.3, 0.4) is 0 Å². The lowest BCUT2D eigenvalue weighted by molar-refractivity contribution is 0.622. The van der Waals surface area contributed by atoms with E-state index in [1.54, 1.807) is 17.3 Å². The summed E-state index contributed by atoms with van der Waals surface area (Å²) in [4.78, 5) is 0. The van der Waals surface area contributed by atoms with Gasteiger partial charge in [-0.2, -0.15) is 0 Å². The third-order valence-electron chi connectivity index (χ3n) is 4.86. The van der Waals surface area contributed by atoms with E-state index < -0.39 is 0 Å². The normalized spacial score (nSPS) is 11.5. The fraction of sp³-hybridized carbons (Fsp3) is 1.00. The van der Waals surface area contributed by atoms with Crippen LogP contribution < -0.4 is 0 Å². The van der Waals surface area contributed by atoms with E-state index in [1.165, 1.54) is 103 Å². The Hall–Kier alpha value is 0.350. The van der Waals surface area contributed by atoms with E-state index in [0.29, 0.717) is 0 Å². The van der Waals surface area contributed by atoms with E-state index in [0.717, 1.165) is 10.9 Å². The maximum absolute atomic E-state index is 2.33. The van der Waals surface area contributed by atoms with Crippen LogP contribution in [0.5, 0.6) is 0 Å². The Morgan fingerprint density at radius 2 is 0.609 bits per heavy atom. The van der Waals surface area contributed by atoms with Crippen molar-refractivity contribution in [3.8, 4) is 0 Å². The van der Waals surface area contributed by atoms with Crippen molar-refractivity contribution in [2.45, 2.75) is 124 Å². The van der Waals surface area contributed by atoms with E-state index >= 15 is 0 Å². The molecule has 0 N–H and O–H groups in total. The molecule has 0 aliphatic carbocycles. The lowest BCUT2D eigenvalue weighted by Crippen LogP contribution is -2.17. The summed E-state index contributed by atoms with van der Waals surface area (Å²) in [6, 6.07) is 0. The Balaban J connectivity index is 3.70. The molecule has 0 fully saturated rings. The molecule has 0 aliphatic rings. The zero-order chi connectivity index (χ0) is 17.0. The van der Waals surface area contributed by atoms with Crippen molar-refractivity contribution in [1.29, 1.82) is 0 Å². The second-order valence-corrected chi connectivity index (χ2v) is 9.77. The van der Waals surface area contributed by atoms with Gasteiger partial charge in [-0.05, 0) is 49.4 Å². The zero-order valence-corrected chi connectivity index (χ0v) is 17.7. The third-order valence-corrected chi connectivity index (χ3v) is 7.46. The van der Waals surface area contributed by atoms with Crippen molar-refractivity contribution in [3.63, 3.8) is 0 Å². The van der Waals surface area contributed by atoms with Crippen LogP contribution >= 0.6 is 0 Å². The third kappa shape index (κ3) is 18.5. The minimum Gasteiger partial charge on any atom is -0.0654 e. The predicted molar refractivity (Wildman–Crippen MR) is 113 cm³/mol. The maximum Gasteiger partial charge on any atom is 0.108 e. The fourth-order valence-corrected chi connectivity index (χ4v) is 5.66. The van der Waals surface area contributed by atoms with Gasteiger partial charge < -0.3 is 0 Å². The van der Waals surface area contributed by atoms with Gasteiger partial charge in [0.2, 0.25) is 0 Å². The molecule has 0 rings (SSSR count). The summed E-state index contributed by atoms with van der Waals surface area (Å²) in [6.07, 6.45) is 23.4. The summed E-state index contributed by atoms with van der Waals surface area (Å²) in [7, 11) is 0.758. The fourth-order valence-electron chi connectivity index (χ4n) is 3.21. The highest BCUT2D eigenvalue weighted by Crippen LogP contribution is 2.14. The summed E-state index contributed by atoms with van der Waals surface area (Å²) >= 11 is 0. The largest absolute Gasteiger partial charge is 0.108 e. The molecule has 0 aliphatic heterocycles. The summed E-state index contributed by atoms with van der Waals surface area (Å²) in [5, 5.41) is 0. The summed E-state index contributed by atoms with van der Waals surface area (Å²) in [5.41, 5.74) is 0. The Bertz CT molecular complexity index is 186. The summed E-state index contributed by atoms with van der Waals surface area (Å²) in [6.45, 7) is 6.95. The van der Waals surface area contributed by atoms with Gasteiger partial charge in [0.1, 0.15) is 17.3 Å². The Morgan fingerprint density at radius 1 is 0.348 bits per heavy atom. The van der Waals surface area contributed by atoms with Crippen molar-refractivity contribution in [1.82, 2.24) is 0 Å². The first-order chi connectivity index (χ1) is 11.3. The number of hydrogen-bond donors (Lipinski definition) is 0. The minimum absolute atomic E-state index is 0.758. The highest BCUT2D eigenvalue weighted by molar-refractivity contribution is 7.96. The molecule has 23 heavy (non-hydrogen) atoms. The second kappa shape index (κ2) is 20.4. The second-order valence-electron chi connectivity index (χ2n) is 7.32. The predicted octanol–water partition coefficient (Wildman–Crippen LogP) is 7.91. The molecule has 0 amide bonds. The average molecular weight is 344 g/mol. The van der Waals surface area contributed by atoms with Crippen molar-refractivity contribution in [3.05, 3.63) is 0 Å². The van der Waals surface area contributed by atoms with Gasteiger partial charge in [-0.1, -0.05) is 85.0 Å². The van der Waals surface area contributed by atoms with Gasteiger partial charge in [0.15, 0.2) is 0 Å². The number of unbranched alkanes of at least 4 members (excludes halogenated alkanes) is 13. The zero-order valence-electron chi connectivity index (χ0n) is 16.8. The molecule has 0 radical (unpaired) electrons. The first-order valence-corrected chi connectivity index (χ1v) is 12.7. The molecule has 0 aromatic carbocycles. The first-order valence-electron chi connectivity index (χ1n) is 11.0. The van der Waals surface area contributed by atoms with Gasteiger partial charge in [-0.25, -0.2) is 0 Å². The Labute approximate surface area is 151 Å². The molecule has 0 spiro atoms. The topological polar surface area (TPSA) is 0 Å². The number of hydrogen-bond acceptors (Lipinski definition) is 0. The van der Waals surface area contributed by atoms with Crippen molar-refractivity contribution in [2.75, 3.05) is 17.3 Å². The van der Waals surface area contributed by atoms with Gasteiger partial charge in [0, 0.05) is 0 Å². The quantitative estimate of drug-likeness (QED) is 0.165. The molecule has 0 saturated carbocycles. The van der Waals surface area contributed by atoms with Gasteiger partial charge in [-0.15, -0.1) is 0 Å². The average Bonchev–Trinajstić information content (AvgIpc) is 2.57. The van der Waals surface area contributed by atoms with Crippen molar-refractivity contribution in [2.24, 2.45) is 0 Å². The molecule has 0 atom stereocenters. The number of rotatable bonds is 19. The molecule has 0 nitrogen and oxygen atoms in total. The van der Waals surface area contributed by atoms with Gasteiger partial charge >= 0.3 is 0 Å². The lowest BCUT2D eigenvalue weighted by atomic mass is 10.1. The Morgan fingerprint density at radius 3 is 0.957 bits per heavy atom. The van der Waals surface area contributed by atoms with E-state index in [4.69, 9.17) is 0 Å². The van der Waals surface area contributed by atoms with Crippen LogP contribution in [-0.2, 0) is 10.9 Å². The SMILES string of the molecule is CCCCCCCC[S+](CCCCCC)CCCCCCCC. The van der Waals surface area contributed by atoms with E-state index in [1.807, 2.05) is 0 Å². The molecule has 1 heteroatoms. The highest BCUT2D eigenvalue weighted by Gasteiger charge is 2.16. The van der Waals surface area contributed by atoms with Crippen LogP contribution in [-0.4, -0.2) is 17.3 Å². The minimum atomic E-state index is 0.758. The monoisotopic (exact) mass is 343 g/mol. The smallest absolute Gasteiger partial charge is 0.0654 e. The van der Waals surface area contributed by atoms with Crippen LogP contribution in [0.1, 0.15) is 124 Å². The molecular formula is C22H47S+. The maximum atomic E-state index is 2.33. The molecule has 0 aromatic rings. The van der Waals surface area contributed by atoms with Crippen LogP contribution in [0.4, 0.5) is 0 Å². The van der Waals surface area contributed by atoms with Crippen molar-refractivity contribution >= 4 is 10.9 Å². The molecule has 0 bridgehead atoms. The first kappa shape index (κ1) is 23.4. The Kier molecular flexibility index (Phi) is 20.7. The molecular weight excluding hydrogens is 296 g/mol. The highest BCUT2D eigenvalue weighted by atomic mass is 32.2. The van der Waals surface area contributed by atoms with Gasteiger partial charge in [-0.3, -0.25) is 0 Å². The summed E-state index contributed by atoms with van der Waals surface area (Å²) < 4.78 is 0. The lowest BCUT2D eigenvalue weighted by Gasteiger charge is -2.09.